The lowest BCUT2D eigenvalue weighted by atomic mass is 10.1. The van der Waals surface area contributed by atoms with Gasteiger partial charge in [0.05, 0.1) is 12.0 Å². The van der Waals surface area contributed by atoms with Crippen molar-refractivity contribution in [3.8, 4) is 16.9 Å². The number of rotatable bonds is 6. The van der Waals surface area contributed by atoms with Gasteiger partial charge < -0.3 is 10.1 Å². The van der Waals surface area contributed by atoms with Crippen molar-refractivity contribution in [2.45, 2.75) is 11.4 Å². The van der Waals surface area contributed by atoms with E-state index in [0.29, 0.717) is 12.2 Å². The van der Waals surface area contributed by atoms with Gasteiger partial charge in [-0.3, -0.25) is 4.40 Å². The number of benzene rings is 2. The van der Waals surface area contributed by atoms with E-state index in [1.54, 1.807) is 37.7 Å². The standard InChI is InChI=1S/C21H20N4O3S/c1-28-19-6-4-3-5-16(19)13-22-20-12-11-18(21-24-23-14-25(20)21)15-7-9-17(10-8-15)29(2,26)27/h3-12,14,22H,13H2,1-2H3. The molecule has 0 spiro atoms. The molecular formula is C21H20N4O3S. The van der Waals surface area contributed by atoms with Gasteiger partial charge in [-0.05, 0) is 35.9 Å². The third kappa shape index (κ3) is 3.79. The molecule has 2 heterocycles. The van der Waals surface area contributed by atoms with E-state index in [1.807, 2.05) is 40.8 Å². The van der Waals surface area contributed by atoms with Gasteiger partial charge in [-0.2, -0.15) is 0 Å². The average molecular weight is 408 g/mol. The van der Waals surface area contributed by atoms with Gasteiger partial charge in [0.15, 0.2) is 15.5 Å². The highest BCUT2D eigenvalue weighted by molar-refractivity contribution is 7.90. The fourth-order valence-electron chi connectivity index (χ4n) is 3.20. The molecule has 2 aromatic carbocycles. The van der Waals surface area contributed by atoms with Crippen LogP contribution in [0.5, 0.6) is 5.75 Å². The van der Waals surface area contributed by atoms with Gasteiger partial charge in [0.2, 0.25) is 0 Å². The number of anilines is 1. The monoisotopic (exact) mass is 408 g/mol. The molecule has 0 unspecified atom stereocenters. The fourth-order valence-corrected chi connectivity index (χ4v) is 3.83. The van der Waals surface area contributed by atoms with Crippen LogP contribution in [0.1, 0.15) is 5.56 Å². The molecule has 0 bridgehead atoms. The Labute approximate surface area is 168 Å². The van der Waals surface area contributed by atoms with Crippen LogP contribution in [0.25, 0.3) is 16.8 Å². The van der Waals surface area contributed by atoms with E-state index in [2.05, 4.69) is 15.5 Å². The van der Waals surface area contributed by atoms with Gasteiger partial charge in [0.25, 0.3) is 0 Å². The van der Waals surface area contributed by atoms with Crippen LogP contribution in [0.2, 0.25) is 0 Å². The van der Waals surface area contributed by atoms with Crippen molar-refractivity contribution in [1.29, 1.82) is 0 Å². The largest absolute Gasteiger partial charge is 0.496 e. The molecule has 0 radical (unpaired) electrons. The van der Waals surface area contributed by atoms with Crippen molar-refractivity contribution in [3.63, 3.8) is 0 Å². The highest BCUT2D eigenvalue weighted by Crippen LogP contribution is 2.28. The van der Waals surface area contributed by atoms with Gasteiger partial charge in [0, 0.05) is 23.9 Å². The van der Waals surface area contributed by atoms with E-state index in [9.17, 15) is 8.42 Å². The maximum Gasteiger partial charge on any atom is 0.175 e. The number of nitrogens with one attached hydrogen (secondary N) is 1. The SMILES string of the molecule is COc1ccccc1CNc1ccc(-c2ccc(S(C)(=O)=O)cc2)c2nncn12. The second-order valence-corrected chi connectivity index (χ2v) is 8.63. The van der Waals surface area contributed by atoms with Gasteiger partial charge >= 0.3 is 0 Å². The van der Waals surface area contributed by atoms with Crippen LogP contribution in [-0.4, -0.2) is 36.4 Å². The molecule has 2 aromatic heterocycles. The number of aromatic nitrogens is 3. The molecule has 0 saturated heterocycles. The lowest BCUT2D eigenvalue weighted by molar-refractivity contribution is 0.410. The maximum absolute atomic E-state index is 11.7. The van der Waals surface area contributed by atoms with E-state index in [-0.39, 0.29) is 4.90 Å². The number of nitrogens with zero attached hydrogens (tertiary/aromatic N) is 3. The molecule has 0 aliphatic carbocycles. The summed E-state index contributed by atoms with van der Waals surface area (Å²) in [7, 11) is -1.58. The maximum atomic E-state index is 11.7. The van der Waals surface area contributed by atoms with E-state index >= 15 is 0 Å². The van der Waals surface area contributed by atoms with Crippen LogP contribution in [0.3, 0.4) is 0 Å². The number of sulfone groups is 1. The first-order valence-electron chi connectivity index (χ1n) is 8.96. The lowest BCUT2D eigenvalue weighted by Crippen LogP contribution is -2.05. The van der Waals surface area contributed by atoms with E-state index in [0.717, 1.165) is 28.3 Å². The zero-order chi connectivity index (χ0) is 20.4. The minimum Gasteiger partial charge on any atom is -0.496 e. The molecule has 4 aromatic rings. The van der Waals surface area contributed by atoms with Crippen molar-refractivity contribution in [2.24, 2.45) is 0 Å². The van der Waals surface area contributed by atoms with Gasteiger partial charge in [0.1, 0.15) is 17.9 Å². The minimum atomic E-state index is -3.23. The van der Waals surface area contributed by atoms with Crippen LogP contribution in [0, 0.1) is 0 Å². The Hall–Kier alpha value is -3.39. The summed E-state index contributed by atoms with van der Waals surface area (Å²) in [5.41, 5.74) is 3.45. The second kappa shape index (κ2) is 7.56. The van der Waals surface area contributed by atoms with E-state index in [1.165, 1.54) is 6.26 Å². The molecule has 8 heteroatoms. The van der Waals surface area contributed by atoms with Crippen LogP contribution in [0.15, 0.2) is 71.9 Å². The Morgan fingerprint density at radius 1 is 1.03 bits per heavy atom. The number of methoxy groups -OCH3 is 1. The highest BCUT2D eigenvalue weighted by Gasteiger charge is 2.12. The summed E-state index contributed by atoms with van der Waals surface area (Å²) in [6.07, 6.45) is 2.84. The zero-order valence-corrected chi connectivity index (χ0v) is 16.8. The summed E-state index contributed by atoms with van der Waals surface area (Å²) in [6.45, 7) is 0.583. The van der Waals surface area contributed by atoms with Crippen LogP contribution in [0.4, 0.5) is 5.82 Å². The second-order valence-electron chi connectivity index (χ2n) is 6.62. The molecule has 0 aliphatic rings. The Morgan fingerprint density at radius 2 is 1.79 bits per heavy atom. The Morgan fingerprint density at radius 3 is 2.52 bits per heavy atom. The summed E-state index contributed by atoms with van der Waals surface area (Å²) in [5, 5.41) is 11.7. The predicted octanol–water partition coefficient (Wildman–Crippen LogP) is 3.42. The Balaban J connectivity index is 1.65. The molecule has 148 valence electrons. The minimum absolute atomic E-state index is 0.286. The predicted molar refractivity (Wildman–Crippen MR) is 112 cm³/mol. The molecule has 0 aliphatic heterocycles. The molecular weight excluding hydrogens is 388 g/mol. The number of pyridine rings is 1. The molecule has 4 rings (SSSR count). The molecule has 0 saturated carbocycles. The van der Waals surface area contributed by atoms with Crippen molar-refractivity contribution in [2.75, 3.05) is 18.7 Å². The van der Waals surface area contributed by atoms with Crippen LogP contribution < -0.4 is 10.1 Å². The Kier molecular flexibility index (Phi) is 4.94. The smallest absolute Gasteiger partial charge is 0.175 e. The van der Waals surface area contributed by atoms with E-state index in [4.69, 9.17) is 4.74 Å². The molecule has 29 heavy (non-hydrogen) atoms. The molecule has 1 N–H and O–H groups in total. The number of fused-ring (bicyclic) bond motifs is 1. The summed E-state index contributed by atoms with van der Waals surface area (Å²) >= 11 is 0. The third-order valence-corrected chi connectivity index (χ3v) is 5.83. The van der Waals surface area contributed by atoms with Gasteiger partial charge in [-0.1, -0.05) is 30.3 Å². The Bertz CT molecular complexity index is 1260. The van der Waals surface area contributed by atoms with E-state index < -0.39 is 9.84 Å². The third-order valence-electron chi connectivity index (χ3n) is 4.70. The fraction of sp³-hybridized carbons (Fsp3) is 0.143. The van der Waals surface area contributed by atoms with Crippen molar-refractivity contribution in [1.82, 2.24) is 14.6 Å². The first-order valence-corrected chi connectivity index (χ1v) is 10.9. The number of hydrogen-bond acceptors (Lipinski definition) is 6. The topological polar surface area (TPSA) is 85.6 Å². The normalized spacial score (nSPS) is 11.5. The lowest BCUT2D eigenvalue weighted by Gasteiger charge is -2.13. The van der Waals surface area contributed by atoms with Crippen molar-refractivity contribution in [3.05, 3.63) is 72.6 Å². The molecule has 7 nitrogen and oxygen atoms in total. The molecule has 0 amide bonds. The average Bonchev–Trinajstić information content (AvgIpc) is 3.22. The van der Waals surface area contributed by atoms with Gasteiger partial charge in [-0.25, -0.2) is 8.42 Å². The van der Waals surface area contributed by atoms with Gasteiger partial charge in [-0.15, -0.1) is 10.2 Å². The summed E-state index contributed by atoms with van der Waals surface area (Å²) < 4.78 is 30.6. The van der Waals surface area contributed by atoms with Crippen LogP contribution >= 0.6 is 0 Å². The highest BCUT2D eigenvalue weighted by atomic mass is 32.2. The quantitative estimate of drug-likeness (QED) is 0.526. The number of hydrogen-bond donors (Lipinski definition) is 1. The van der Waals surface area contributed by atoms with Crippen molar-refractivity contribution < 1.29 is 13.2 Å². The summed E-state index contributed by atoms with van der Waals surface area (Å²) in [6, 6.07) is 18.5. The number of para-hydroxylation sites is 1. The summed E-state index contributed by atoms with van der Waals surface area (Å²) in [4.78, 5) is 0.286. The zero-order valence-electron chi connectivity index (χ0n) is 16.0. The first-order chi connectivity index (χ1) is 14.0. The first kappa shape index (κ1) is 18.9. The molecule has 0 atom stereocenters. The van der Waals surface area contributed by atoms with Crippen molar-refractivity contribution >= 4 is 21.3 Å². The van der Waals surface area contributed by atoms with Crippen LogP contribution in [-0.2, 0) is 16.4 Å². The molecule has 0 fully saturated rings. The number of ether oxygens (including phenoxy) is 1. The summed E-state index contributed by atoms with van der Waals surface area (Å²) in [5.74, 6) is 1.66.